The Balaban J connectivity index is 2.34. The van der Waals surface area contributed by atoms with Crippen LogP contribution in [0.2, 0.25) is 0 Å². The van der Waals surface area contributed by atoms with Crippen LogP contribution in [0.3, 0.4) is 0 Å². The second-order valence-electron chi connectivity index (χ2n) is 3.73. The van der Waals surface area contributed by atoms with Crippen molar-refractivity contribution in [3.8, 4) is 0 Å². The van der Waals surface area contributed by atoms with E-state index in [1.54, 1.807) is 16.9 Å². The number of carbonyl (C=O) groups excluding carboxylic acids is 1. The highest BCUT2D eigenvalue weighted by atomic mass is 16.7. The van der Waals surface area contributed by atoms with E-state index >= 15 is 0 Å². The Morgan fingerprint density at radius 3 is 3.12 bits per heavy atom. The first-order valence-corrected chi connectivity index (χ1v) is 5.31. The quantitative estimate of drug-likeness (QED) is 0.689. The summed E-state index contributed by atoms with van der Waals surface area (Å²) in [4.78, 5) is 17.3. The van der Waals surface area contributed by atoms with Crippen molar-refractivity contribution in [2.24, 2.45) is 0 Å². The molecule has 1 aromatic rings. The fraction of sp³-hybridized carbons (Fsp3) is 0.154. The number of hydrogen-bond donors (Lipinski definition) is 0. The summed E-state index contributed by atoms with van der Waals surface area (Å²) < 4.78 is 1.68. The minimum absolute atomic E-state index is 0.0483. The fourth-order valence-electron chi connectivity index (χ4n) is 2.14. The molecule has 0 radical (unpaired) electrons. The average molecular weight is 213 g/mol. The number of rotatable bonds is 2. The van der Waals surface area contributed by atoms with Gasteiger partial charge in [0, 0.05) is 11.4 Å². The van der Waals surface area contributed by atoms with Gasteiger partial charge in [-0.15, -0.1) is 0 Å². The normalized spacial score (nSPS) is 16.7. The molecule has 0 fully saturated rings. The lowest BCUT2D eigenvalue weighted by atomic mass is 10.00. The molecule has 3 nitrogen and oxygen atoms in total. The number of aromatic nitrogens is 1. The van der Waals surface area contributed by atoms with E-state index in [-0.39, 0.29) is 5.78 Å². The molecule has 0 aliphatic heterocycles. The molecular weight excluding hydrogens is 202 g/mol. The number of hydrogen-bond acceptors (Lipinski definition) is 2. The second-order valence-corrected chi connectivity index (χ2v) is 3.73. The minimum atomic E-state index is 0.0483. The highest BCUT2D eigenvalue weighted by Crippen LogP contribution is 2.19. The third-order valence-corrected chi connectivity index (χ3v) is 2.76. The Morgan fingerprint density at radius 2 is 2.31 bits per heavy atom. The van der Waals surface area contributed by atoms with Gasteiger partial charge in [-0.2, -0.15) is 4.73 Å². The van der Waals surface area contributed by atoms with Gasteiger partial charge in [0.15, 0.2) is 5.78 Å². The van der Waals surface area contributed by atoms with E-state index in [0.29, 0.717) is 6.61 Å². The predicted molar refractivity (Wildman–Crippen MR) is 60.9 cm³/mol. The highest BCUT2D eigenvalue weighted by molar-refractivity contribution is 6.29. The number of fused-ring (bicyclic) bond motifs is 2. The summed E-state index contributed by atoms with van der Waals surface area (Å²) in [5, 5.41) is 1.93. The van der Waals surface area contributed by atoms with Crippen molar-refractivity contribution >= 4 is 17.4 Å². The van der Waals surface area contributed by atoms with E-state index in [2.05, 4.69) is 0 Å². The summed E-state index contributed by atoms with van der Waals surface area (Å²) in [6.45, 7) is 2.51. The molecule has 80 valence electrons. The summed E-state index contributed by atoms with van der Waals surface area (Å²) in [7, 11) is 0. The predicted octanol–water partition coefficient (Wildman–Crippen LogP) is -0.0533. The standard InChI is InChI=1S/C13H11NO2/c1-2-16-14-7-6-10-8-9-4-3-5-11(15)12(9)13(10)14/h3-8H,2H2,1H3. The van der Waals surface area contributed by atoms with Gasteiger partial charge in [0.2, 0.25) is 0 Å². The van der Waals surface area contributed by atoms with Gasteiger partial charge >= 0.3 is 0 Å². The Bertz CT molecular complexity index is 644. The molecule has 1 heterocycles. The van der Waals surface area contributed by atoms with Crippen LogP contribution >= 0.6 is 0 Å². The van der Waals surface area contributed by atoms with Crippen LogP contribution in [0.1, 0.15) is 6.92 Å². The number of nitrogens with zero attached hydrogens (tertiary/aromatic N) is 1. The maximum absolute atomic E-state index is 11.8. The van der Waals surface area contributed by atoms with Crippen molar-refractivity contribution in [3.63, 3.8) is 0 Å². The maximum atomic E-state index is 11.8. The molecule has 16 heavy (non-hydrogen) atoms. The molecule has 0 saturated heterocycles. The number of ketones is 1. The summed E-state index contributed by atoms with van der Waals surface area (Å²) in [6, 6.07) is 1.96. The van der Waals surface area contributed by atoms with E-state index in [1.165, 1.54) is 0 Å². The van der Waals surface area contributed by atoms with E-state index in [0.717, 1.165) is 21.7 Å². The molecule has 3 rings (SSSR count). The molecule has 0 aromatic carbocycles. The first-order valence-electron chi connectivity index (χ1n) is 5.31. The molecular formula is C13H11NO2. The monoisotopic (exact) mass is 213 g/mol. The lowest BCUT2D eigenvalue weighted by Gasteiger charge is -2.08. The van der Waals surface area contributed by atoms with Gasteiger partial charge in [-0.1, -0.05) is 12.2 Å². The fourth-order valence-corrected chi connectivity index (χ4v) is 2.14. The third kappa shape index (κ3) is 1.11. The first-order chi connectivity index (χ1) is 7.81. The van der Waals surface area contributed by atoms with Crippen molar-refractivity contribution < 1.29 is 9.63 Å². The van der Waals surface area contributed by atoms with Crippen LogP contribution in [0.25, 0.3) is 11.6 Å². The van der Waals surface area contributed by atoms with Crippen LogP contribution in [-0.2, 0) is 4.79 Å². The van der Waals surface area contributed by atoms with Crippen molar-refractivity contribution in [2.75, 3.05) is 6.61 Å². The van der Waals surface area contributed by atoms with Gasteiger partial charge in [-0.05, 0) is 30.7 Å². The lowest BCUT2D eigenvalue weighted by Crippen LogP contribution is -2.33. The van der Waals surface area contributed by atoms with E-state index in [1.807, 2.05) is 31.3 Å². The van der Waals surface area contributed by atoms with E-state index < -0.39 is 0 Å². The zero-order chi connectivity index (χ0) is 11.1. The Labute approximate surface area is 92.6 Å². The molecule has 2 aliphatic carbocycles. The van der Waals surface area contributed by atoms with Crippen LogP contribution in [0, 0.1) is 0 Å². The molecule has 0 atom stereocenters. The highest BCUT2D eigenvalue weighted by Gasteiger charge is 2.21. The topological polar surface area (TPSA) is 31.2 Å². The van der Waals surface area contributed by atoms with Gasteiger partial charge in [0.1, 0.15) is 6.61 Å². The summed E-state index contributed by atoms with van der Waals surface area (Å²) in [6.07, 6.45) is 9.19. The van der Waals surface area contributed by atoms with Gasteiger partial charge in [0.25, 0.3) is 0 Å². The van der Waals surface area contributed by atoms with Crippen LogP contribution in [-0.4, -0.2) is 17.1 Å². The van der Waals surface area contributed by atoms with Crippen LogP contribution in [0.15, 0.2) is 36.1 Å². The molecule has 0 saturated carbocycles. The summed E-state index contributed by atoms with van der Waals surface area (Å²) >= 11 is 0. The van der Waals surface area contributed by atoms with Crippen molar-refractivity contribution in [1.29, 1.82) is 0 Å². The molecule has 0 amide bonds. The Hall–Kier alpha value is -2.03. The van der Waals surface area contributed by atoms with Crippen molar-refractivity contribution in [1.82, 2.24) is 4.73 Å². The Kier molecular flexibility index (Phi) is 1.86. The molecule has 0 bridgehead atoms. The molecule has 0 N–H and O–H groups in total. The van der Waals surface area contributed by atoms with Crippen molar-refractivity contribution in [3.05, 3.63) is 46.6 Å². The number of allylic oxidation sites excluding steroid dienone is 4. The summed E-state index contributed by atoms with van der Waals surface area (Å²) in [5.41, 5.74) is 1.72. The van der Waals surface area contributed by atoms with Gasteiger partial charge < -0.3 is 4.84 Å². The minimum Gasteiger partial charge on any atom is -0.414 e. The SMILES string of the molecule is CCOn1ccc2c1=C1C(=O)C=CC=C1C=2. The zero-order valence-corrected chi connectivity index (χ0v) is 8.93. The molecule has 3 heteroatoms. The second kappa shape index (κ2) is 3.23. The third-order valence-electron chi connectivity index (χ3n) is 2.76. The van der Waals surface area contributed by atoms with Crippen molar-refractivity contribution in [2.45, 2.75) is 6.92 Å². The molecule has 2 aliphatic rings. The van der Waals surface area contributed by atoms with Crippen LogP contribution in [0.5, 0.6) is 0 Å². The average Bonchev–Trinajstić information content (AvgIpc) is 2.79. The van der Waals surface area contributed by atoms with Gasteiger partial charge in [-0.25, -0.2) is 0 Å². The smallest absolute Gasteiger partial charge is 0.188 e. The van der Waals surface area contributed by atoms with E-state index in [4.69, 9.17) is 4.84 Å². The largest absolute Gasteiger partial charge is 0.414 e. The first kappa shape index (κ1) is 9.21. The van der Waals surface area contributed by atoms with E-state index in [9.17, 15) is 4.79 Å². The summed E-state index contributed by atoms with van der Waals surface area (Å²) in [5.74, 6) is 0.0483. The van der Waals surface area contributed by atoms with Crippen LogP contribution in [0.4, 0.5) is 0 Å². The molecule has 0 spiro atoms. The molecule has 1 aromatic heterocycles. The van der Waals surface area contributed by atoms with Gasteiger partial charge in [0.05, 0.1) is 10.9 Å². The van der Waals surface area contributed by atoms with Gasteiger partial charge in [-0.3, -0.25) is 4.79 Å². The lowest BCUT2D eigenvalue weighted by molar-refractivity contribution is -0.109. The zero-order valence-electron chi connectivity index (χ0n) is 8.93. The van der Waals surface area contributed by atoms with Crippen LogP contribution < -0.4 is 15.4 Å². The Morgan fingerprint density at radius 1 is 1.44 bits per heavy atom. The maximum Gasteiger partial charge on any atom is 0.188 e. The number of carbonyl (C=O) groups is 1. The molecule has 0 unspecified atom stereocenters.